The molecule has 3 atom stereocenters. The van der Waals surface area contributed by atoms with Gasteiger partial charge in [0.15, 0.2) is 0 Å². The number of nitrogens with zero attached hydrogens (tertiary/aromatic N) is 1. The van der Waals surface area contributed by atoms with Crippen LogP contribution >= 0.6 is 0 Å². The van der Waals surface area contributed by atoms with Crippen molar-refractivity contribution in [2.24, 2.45) is 5.41 Å². The van der Waals surface area contributed by atoms with Crippen molar-refractivity contribution in [2.45, 2.75) is 37.9 Å². The summed E-state index contributed by atoms with van der Waals surface area (Å²) in [6.07, 6.45) is 6.54. The van der Waals surface area contributed by atoms with E-state index in [-0.39, 0.29) is 12.2 Å². The van der Waals surface area contributed by atoms with E-state index in [0.29, 0.717) is 12.8 Å². The van der Waals surface area contributed by atoms with Gasteiger partial charge in [-0.05, 0) is 43.4 Å². The molecule has 2 fully saturated rings. The Labute approximate surface area is 99.6 Å². The highest BCUT2D eigenvalue weighted by Gasteiger charge is 2.57. The molecule has 3 rings (SSSR count). The van der Waals surface area contributed by atoms with Gasteiger partial charge >= 0.3 is 5.97 Å². The molecule has 2 aliphatic rings. The summed E-state index contributed by atoms with van der Waals surface area (Å²) in [5.41, 5.74) is 0.308. The number of carboxylic acid groups (broad SMARTS) is 1. The van der Waals surface area contributed by atoms with Gasteiger partial charge in [0.1, 0.15) is 5.41 Å². The van der Waals surface area contributed by atoms with Gasteiger partial charge in [0.05, 0.1) is 12.2 Å². The van der Waals surface area contributed by atoms with E-state index in [0.717, 1.165) is 18.4 Å². The number of hydrogen-bond donors (Lipinski definition) is 1. The van der Waals surface area contributed by atoms with Crippen LogP contribution < -0.4 is 0 Å². The molecule has 1 aromatic rings. The number of rotatable bonds is 3. The van der Waals surface area contributed by atoms with Crippen LogP contribution in [0.5, 0.6) is 0 Å². The first-order valence-corrected chi connectivity index (χ1v) is 5.98. The Bertz CT molecular complexity index is 434. The lowest BCUT2D eigenvalue weighted by Gasteiger charge is -2.30. The van der Waals surface area contributed by atoms with Crippen LogP contribution in [0.25, 0.3) is 0 Å². The van der Waals surface area contributed by atoms with Gasteiger partial charge < -0.3 is 9.84 Å². The Balaban J connectivity index is 1.89. The van der Waals surface area contributed by atoms with E-state index in [4.69, 9.17) is 4.74 Å². The molecule has 2 bridgehead atoms. The Hall–Kier alpha value is -1.42. The van der Waals surface area contributed by atoms with Crippen molar-refractivity contribution in [1.82, 2.24) is 4.98 Å². The molecule has 0 saturated carbocycles. The van der Waals surface area contributed by atoms with Crippen LogP contribution in [0.2, 0.25) is 0 Å². The first kappa shape index (κ1) is 10.7. The molecule has 0 spiro atoms. The Morgan fingerprint density at radius 2 is 2.24 bits per heavy atom. The first-order chi connectivity index (χ1) is 8.21. The monoisotopic (exact) mass is 233 g/mol. The fourth-order valence-electron chi connectivity index (χ4n) is 3.15. The second-order valence-corrected chi connectivity index (χ2v) is 5.02. The van der Waals surface area contributed by atoms with Crippen molar-refractivity contribution in [1.29, 1.82) is 0 Å². The molecule has 1 aromatic heterocycles. The average Bonchev–Trinajstić information content (AvgIpc) is 2.91. The maximum absolute atomic E-state index is 11.6. The Morgan fingerprint density at radius 3 is 2.76 bits per heavy atom. The smallest absolute Gasteiger partial charge is 0.312 e. The zero-order valence-electron chi connectivity index (χ0n) is 9.50. The predicted octanol–water partition coefficient (Wildman–Crippen LogP) is 1.65. The molecule has 3 unspecified atom stereocenters. The SMILES string of the molecule is O=C(O)C1(Cc2ccncc2)CC2CCC1O2. The van der Waals surface area contributed by atoms with Gasteiger partial charge in [-0.1, -0.05) is 0 Å². The Morgan fingerprint density at radius 1 is 1.47 bits per heavy atom. The van der Waals surface area contributed by atoms with E-state index >= 15 is 0 Å². The number of carboxylic acids is 1. The Kier molecular flexibility index (Phi) is 2.40. The largest absolute Gasteiger partial charge is 0.481 e. The highest BCUT2D eigenvalue weighted by molar-refractivity contribution is 5.76. The molecule has 0 aromatic carbocycles. The topological polar surface area (TPSA) is 59.4 Å². The van der Waals surface area contributed by atoms with E-state index < -0.39 is 11.4 Å². The van der Waals surface area contributed by atoms with E-state index in [9.17, 15) is 9.90 Å². The minimum Gasteiger partial charge on any atom is -0.481 e. The van der Waals surface area contributed by atoms with Crippen molar-refractivity contribution in [2.75, 3.05) is 0 Å². The number of hydrogen-bond acceptors (Lipinski definition) is 3. The van der Waals surface area contributed by atoms with Crippen LogP contribution in [-0.2, 0) is 16.0 Å². The molecule has 4 nitrogen and oxygen atoms in total. The molecule has 0 amide bonds. The number of carbonyl (C=O) groups is 1. The van der Waals surface area contributed by atoms with Gasteiger partial charge in [-0.15, -0.1) is 0 Å². The maximum atomic E-state index is 11.6. The highest BCUT2D eigenvalue weighted by Crippen LogP contribution is 2.49. The summed E-state index contributed by atoms with van der Waals surface area (Å²) in [7, 11) is 0. The number of aromatic nitrogens is 1. The minimum absolute atomic E-state index is 0.113. The molecule has 0 aliphatic carbocycles. The summed E-state index contributed by atoms with van der Waals surface area (Å²) in [6.45, 7) is 0. The second-order valence-electron chi connectivity index (χ2n) is 5.02. The molecule has 2 saturated heterocycles. The highest BCUT2D eigenvalue weighted by atomic mass is 16.5. The van der Waals surface area contributed by atoms with Crippen LogP contribution in [0.15, 0.2) is 24.5 Å². The van der Waals surface area contributed by atoms with E-state index in [1.807, 2.05) is 12.1 Å². The zero-order valence-corrected chi connectivity index (χ0v) is 9.50. The quantitative estimate of drug-likeness (QED) is 0.862. The van der Waals surface area contributed by atoms with Crippen molar-refractivity contribution in [3.8, 4) is 0 Å². The van der Waals surface area contributed by atoms with Crippen LogP contribution in [0.1, 0.15) is 24.8 Å². The summed E-state index contributed by atoms with van der Waals surface area (Å²) >= 11 is 0. The summed E-state index contributed by atoms with van der Waals surface area (Å²) in [5, 5.41) is 9.55. The third-order valence-electron chi connectivity index (χ3n) is 4.01. The lowest BCUT2D eigenvalue weighted by Crippen LogP contribution is -2.42. The second kappa shape index (κ2) is 3.81. The van der Waals surface area contributed by atoms with Crippen LogP contribution in [0.3, 0.4) is 0 Å². The lowest BCUT2D eigenvalue weighted by molar-refractivity contribution is -0.152. The standard InChI is InChI=1S/C13H15NO3/c15-12(16)13(7-9-3-5-14-6-4-9)8-10-1-2-11(13)17-10/h3-6,10-11H,1-2,7-8H2,(H,15,16). The van der Waals surface area contributed by atoms with Crippen LogP contribution in [-0.4, -0.2) is 28.3 Å². The van der Waals surface area contributed by atoms with E-state index in [2.05, 4.69) is 4.98 Å². The summed E-state index contributed by atoms with van der Waals surface area (Å²) < 4.78 is 5.73. The van der Waals surface area contributed by atoms with E-state index in [1.165, 1.54) is 0 Å². The number of fused-ring (bicyclic) bond motifs is 2. The fourth-order valence-corrected chi connectivity index (χ4v) is 3.15. The van der Waals surface area contributed by atoms with Gasteiger partial charge in [-0.25, -0.2) is 0 Å². The van der Waals surface area contributed by atoms with Gasteiger partial charge in [0.25, 0.3) is 0 Å². The molecule has 17 heavy (non-hydrogen) atoms. The third kappa shape index (κ3) is 1.63. The van der Waals surface area contributed by atoms with Crippen molar-refractivity contribution in [3.63, 3.8) is 0 Å². The summed E-state index contributed by atoms with van der Waals surface area (Å²) in [6, 6.07) is 3.77. The molecule has 2 aliphatic heterocycles. The first-order valence-electron chi connectivity index (χ1n) is 5.98. The van der Waals surface area contributed by atoms with Gasteiger partial charge in [0, 0.05) is 12.4 Å². The summed E-state index contributed by atoms with van der Waals surface area (Å²) in [4.78, 5) is 15.6. The normalized spacial score (nSPS) is 35.1. The van der Waals surface area contributed by atoms with E-state index in [1.54, 1.807) is 12.4 Å². The molecule has 1 N–H and O–H groups in total. The number of ether oxygens (including phenoxy) is 1. The minimum atomic E-state index is -0.721. The van der Waals surface area contributed by atoms with Gasteiger partial charge in [-0.2, -0.15) is 0 Å². The van der Waals surface area contributed by atoms with Crippen molar-refractivity contribution < 1.29 is 14.6 Å². The van der Waals surface area contributed by atoms with Gasteiger partial charge in [0.2, 0.25) is 0 Å². The number of aliphatic carboxylic acids is 1. The third-order valence-corrected chi connectivity index (χ3v) is 4.01. The molecule has 3 heterocycles. The zero-order chi connectivity index (χ0) is 11.9. The molecular weight excluding hydrogens is 218 g/mol. The maximum Gasteiger partial charge on any atom is 0.312 e. The van der Waals surface area contributed by atoms with Crippen molar-refractivity contribution >= 4 is 5.97 Å². The van der Waals surface area contributed by atoms with Crippen LogP contribution in [0.4, 0.5) is 0 Å². The fraction of sp³-hybridized carbons (Fsp3) is 0.538. The molecular formula is C13H15NO3. The molecule has 0 radical (unpaired) electrons. The summed E-state index contributed by atoms with van der Waals surface area (Å²) in [5.74, 6) is -0.721. The lowest BCUT2D eigenvalue weighted by atomic mass is 9.70. The van der Waals surface area contributed by atoms with Gasteiger partial charge in [-0.3, -0.25) is 9.78 Å². The van der Waals surface area contributed by atoms with Crippen molar-refractivity contribution in [3.05, 3.63) is 30.1 Å². The number of pyridine rings is 1. The predicted molar refractivity (Wildman–Crippen MR) is 60.5 cm³/mol. The average molecular weight is 233 g/mol. The van der Waals surface area contributed by atoms with Crippen LogP contribution in [0, 0.1) is 5.41 Å². The molecule has 4 heteroatoms. The molecule has 90 valence electrons.